The number of anilines is 2. The summed E-state index contributed by atoms with van der Waals surface area (Å²) in [6.07, 6.45) is 0. The Morgan fingerprint density at radius 1 is 1.03 bits per heavy atom. The van der Waals surface area contributed by atoms with E-state index >= 15 is 0 Å². The molecule has 0 heterocycles. The Labute approximate surface area is 173 Å². The van der Waals surface area contributed by atoms with Gasteiger partial charge in [-0.3, -0.25) is 24.6 Å². The zero-order chi connectivity index (χ0) is 22.1. The van der Waals surface area contributed by atoms with Crippen molar-refractivity contribution in [2.75, 3.05) is 44.5 Å². The van der Waals surface area contributed by atoms with Crippen LogP contribution in [0.3, 0.4) is 0 Å². The topological polar surface area (TPSA) is 123 Å². The summed E-state index contributed by atoms with van der Waals surface area (Å²) >= 11 is 0. The highest BCUT2D eigenvalue weighted by Gasteiger charge is 2.17. The van der Waals surface area contributed by atoms with Gasteiger partial charge in [0.1, 0.15) is 11.5 Å². The van der Waals surface area contributed by atoms with Gasteiger partial charge in [0.2, 0.25) is 11.8 Å². The summed E-state index contributed by atoms with van der Waals surface area (Å²) in [4.78, 5) is 36.7. The Morgan fingerprint density at radius 3 is 2.33 bits per heavy atom. The zero-order valence-electron chi connectivity index (χ0n) is 17.0. The fourth-order valence-electron chi connectivity index (χ4n) is 2.67. The van der Waals surface area contributed by atoms with Crippen LogP contribution in [0.2, 0.25) is 0 Å². The van der Waals surface area contributed by atoms with Gasteiger partial charge < -0.3 is 20.1 Å². The van der Waals surface area contributed by atoms with Crippen molar-refractivity contribution in [1.82, 2.24) is 4.90 Å². The summed E-state index contributed by atoms with van der Waals surface area (Å²) in [5.41, 5.74) is 0.759. The maximum atomic E-state index is 12.4. The minimum atomic E-state index is -0.548. The number of non-ortho nitro benzene ring substituents is 1. The van der Waals surface area contributed by atoms with Crippen LogP contribution in [0.1, 0.15) is 6.92 Å². The second kappa shape index (κ2) is 10.8. The molecule has 0 saturated carbocycles. The monoisotopic (exact) mass is 416 g/mol. The van der Waals surface area contributed by atoms with Crippen molar-refractivity contribution >= 4 is 28.9 Å². The Bertz CT molecular complexity index is 918. The molecule has 2 N–H and O–H groups in total. The highest BCUT2D eigenvalue weighted by Crippen LogP contribution is 2.28. The minimum Gasteiger partial charge on any atom is -0.497 e. The Hall–Kier alpha value is -3.66. The fourth-order valence-corrected chi connectivity index (χ4v) is 2.67. The third kappa shape index (κ3) is 6.45. The minimum absolute atomic E-state index is 0.0124. The molecule has 0 unspecified atom stereocenters. The average Bonchev–Trinajstić information content (AvgIpc) is 2.73. The first-order valence-electron chi connectivity index (χ1n) is 9.14. The molecular weight excluding hydrogens is 392 g/mol. The number of rotatable bonds is 10. The number of methoxy groups -OCH3 is 2. The van der Waals surface area contributed by atoms with E-state index in [-0.39, 0.29) is 36.3 Å². The molecule has 0 spiro atoms. The lowest BCUT2D eigenvalue weighted by molar-refractivity contribution is -0.384. The molecule has 30 heavy (non-hydrogen) atoms. The Balaban J connectivity index is 1.95. The number of hydrogen-bond acceptors (Lipinski definition) is 7. The standard InChI is InChI=1S/C20H24N4O6/c1-4-23(12-19(25)21-14-6-5-7-16(10-14)29-2)13-20(26)22-17-9-8-15(24(27)28)11-18(17)30-3/h5-11H,4,12-13H2,1-3H3,(H,21,25)(H,22,26). The van der Waals surface area contributed by atoms with Crippen molar-refractivity contribution in [3.8, 4) is 11.5 Å². The van der Waals surface area contributed by atoms with Gasteiger partial charge in [-0.15, -0.1) is 0 Å². The molecule has 2 rings (SSSR count). The second-order valence-corrected chi connectivity index (χ2v) is 6.27. The first-order chi connectivity index (χ1) is 14.4. The van der Waals surface area contributed by atoms with Crippen molar-refractivity contribution in [3.63, 3.8) is 0 Å². The maximum absolute atomic E-state index is 12.4. The van der Waals surface area contributed by atoms with Gasteiger partial charge in [0, 0.05) is 17.8 Å². The van der Waals surface area contributed by atoms with E-state index in [9.17, 15) is 19.7 Å². The van der Waals surface area contributed by atoms with Gasteiger partial charge in [-0.25, -0.2) is 0 Å². The predicted octanol–water partition coefficient (Wildman–Crippen LogP) is 2.51. The number of nitrogens with one attached hydrogen (secondary N) is 2. The number of carbonyl (C=O) groups is 2. The molecule has 2 amide bonds. The van der Waals surface area contributed by atoms with Crippen molar-refractivity contribution in [1.29, 1.82) is 0 Å². The van der Waals surface area contributed by atoms with Crippen LogP contribution < -0.4 is 20.1 Å². The molecule has 0 fully saturated rings. The van der Waals surface area contributed by atoms with Gasteiger partial charge in [0.15, 0.2) is 0 Å². The third-order valence-electron chi connectivity index (χ3n) is 4.21. The molecule has 160 valence electrons. The number of benzene rings is 2. The lowest BCUT2D eigenvalue weighted by Crippen LogP contribution is -2.38. The number of ether oxygens (including phenoxy) is 2. The van der Waals surface area contributed by atoms with Crippen molar-refractivity contribution in [2.24, 2.45) is 0 Å². The highest BCUT2D eigenvalue weighted by atomic mass is 16.6. The molecule has 0 radical (unpaired) electrons. The van der Waals surface area contributed by atoms with Crippen LogP contribution in [0.5, 0.6) is 11.5 Å². The quantitative estimate of drug-likeness (QED) is 0.451. The number of amides is 2. The van der Waals surface area contributed by atoms with Crippen molar-refractivity contribution < 1.29 is 24.0 Å². The molecule has 10 nitrogen and oxygen atoms in total. The van der Waals surface area contributed by atoms with Gasteiger partial charge in [-0.2, -0.15) is 0 Å². The van der Waals surface area contributed by atoms with E-state index in [0.29, 0.717) is 23.7 Å². The van der Waals surface area contributed by atoms with Crippen LogP contribution >= 0.6 is 0 Å². The molecular formula is C20H24N4O6. The van der Waals surface area contributed by atoms with E-state index in [1.807, 2.05) is 6.92 Å². The van der Waals surface area contributed by atoms with Crippen LogP contribution in [0, 0.1) is 10.1 Å². The Kier molecular flexibility index (Phi) is 8.12. The highest BCUT2D eigenvalue weighted by molar-refractivity contribution is 5.95. The lowest BCUT2D eigenvalue weighted by Gasteiger charge is -2.20. The second-order valence-electron chi connectivity index (χ2n) is 6.27. The fraction of sp³-hybridized carbons (Fsp3) is 0.300. The van der Waals surface area contributed by atoms with E-state index in [1.165, 1.54) is 32.4 Å². The van der Waals surface area contributed by atoms with Crippen molar-refractivity contribution in [3.05, 3.63) is 52.6 Å². The van der Waals surface area contributed by atoms with Crippen LogP contribution in [0.15, 0.2) is 42.5 Å². The van der Waals surface area contributed by atoms with Gasteiger partial charge in [-0.05, 0) is 24.7 Å². The molecule has 0 saturated heterocycles. The lowest BCUT2D eigenvalue weighted by atomic mass is 10.2. The largest absolute Gasteiger partial charge is 0.497 e. The third-order valence-corrected chi connectivity index (χ3v) is 4.21. The normalized spacial score (nSPS) is 10.4. The Morgan fingerprint density at radius 2 is 1.73 bits per heavy atom. The maximum Gasteiger partial charge on any atom is 0.273 e. The summed E-state index contributed by atoms with van der Waals surface area (Å²) < 4.78 is 10.2. The van der Waals surface area contributed by atoms with Crippen LogP contribution in [0.4, 0.5) is 17.1 Å². The number of nitrogens with zero attached hydrogens (tertiary/aromatic N) is 2. The van der Waals surface area contributed by atoms with Gasteiger partial charge in [-0.1, -0.05) is 13.0 Å². The summed E-state index contributed by atoms with van der Waals surface area (Å²) in [5.74, 6) is 0.150. The van der Waals surface area contributed by atoms with Crippen LogP contribution in [-0.2, 0) is 9.59 Å². The number of nitro benzene ring substituents is 1. The molecule has 10 heteroatoms. The first kappa shape index (κ1) is 22.6. The molecule has 0 aliphatic rings. The molecule has 0 bridgehead atoms. The van der Waals surface area contributed by atoms with E-state index < -0.39 is 4.92 Å². The number of carbonyl (C=O) groups excluding carboxylic acids is 2. The smallest absolute Gasteiger partial charge is 0.273 e. The summed E-state index contributed by atoms with van der Waals surface area (Å²) in [7, 11) is 2.90. The average molecular weight is 416 g/mol. The van der Waals surface area contributed by atoms with Gasteiger partial charge in [0.25, 0.3) is 5.69 Å². The number of likely N-dealkylation sites (N-methyl/N-ethyl adjacent to an activating group) is 1. The molecule has 2 aromatic carbocycles. The molecule has 2 aromatic rings. The van der Waals surface area contributed by atoms with E-state index in [0.717, 1.165) is 0 Å². The van der Waals surface area contributed by atoms with Crippen LogP contribution in [0.25, 0.3) is 0 Å². The van der Waals surface area contributed by atoms with Gasteiger partial charge in [0.05, 0.1) is 44.0 Å². The molecule has 0 aliphatic carbocycles. The first-order valence-corrected chi connectivity index (χ1v) is 9.14. The zero-order valence-corrected chi connectivity index (χ0v) is 17.0. The van der Waals surface area contributed by atoms with E-state index in [4.69, 9.17) is 9.47 Å². The van der Waals surface area contributed by atoms with Gasteiger partial charge >= 0.3 is 0 Å². The summed E-state index contributed by atoms with van der Waals surface area (Å²) in [6.45, 7) is 2.27. The van der Waals surface area contributed by atoms with E-state index in [2.05, 4.69) is 10.6 Å². The number of nitro groups is 1. The molecule has 0 atom stereocenters. The van der Waals surface area contributed by atoms with Crippen LogP contribution in [-0.4, -0.2) is 55.5 Å². The summed E-state index contributed by atoms with van der Waals surface area (Å²) in [6, 6.07) is 10.9. The molecule has 0 aliphatic heterocycles. The van der Waals surface area contributed by atoms with E-state index in [1.54, 1.807) is 29.2 Å². The van der Waals surface area contributed by atoms with Crippen molar-refractivity contribution in [2.45, 2.75) is 6.92 Å². The molecule has 0 aromatic heterocycles. The predicted molar refractivity (Wildman–Crippen MR) is 112 cm³/mol. The SMILES string of the molecule is CCN(CC(=O)Nc1cccc(OC)c1)CC(=O)Nc1ccc([N+](=O)[O-])cc1OC. The number of hydrogen-bond donors (Lipinski definition) is 2. The summed E-state index contributed by atoms with van der Waals surface area (Å²) in [5, 5.41) is 16.3.